The van der Waals surface area contributed by atoms with Crippen molar-refractivity contribution >= 4 is 27.5 Å². The van der Waals surface area contributed by atoms with Crippen LogP contribution in [0.25, 0.3) is 10.2 Å². The van der Waals surface area contributed by atoms with Gasteiger partial charge in [-0.2, -0.15) is 0 Å². The van der Waals surface area contributed by atoms with Crippen LogP contribution in [0.3, 0.4) is 0 Å². The molecule has 28 heavy (non-hydrogen) atoms. The third-order valence-corrected chi connectivity index (χ3v) is 6.94. The zero-order chi connectivity index (χ0) is 20.1. The van der Waals surface area contributed by atoms with E-state index in [4.69, 9.17) is 0 Å². The molecule has 0 fully saturated rings. The second-order valence-corrected chi connectivity index (χ2v) is 9.74. The van der Waals surface area contributed by atoms with Gasteiger partial charge in [0.15, 0.2) is 0 Å². The van der Waals surface area contributed by atoms with E-state index >= 15 is 0 Å². The van der Waals surface area contributed by atoms with E-state index < -0.39 is 5.97 Å². The molecule has 0 N–H and O–H groups in total. The zero-order valence-electron chi connectivity index (χ0n) is 16.3. The van der Waals surface area contributed by atoms with E-state index in [0.29, 0.717) is 5.92 Å². The number of rotatable bonds is 3. The summed E-state index contributed by atoms with van der Waals surface area (Å²) in [6, 6.07) is 6.50. The SMILES string of the molecule is CC(C)(C)[C@@H]1CCc2c(sc3ncn(Cc4cccc(C(=O)[O-])c4)c(=O)c23)C1. The van der Waals surface area contributed by atoms with Crippen molar-refractivity contribution in [1.29, 1.82) is 0 Å². The molecule has 5 nitrogen and oxygen atoms in total. The molecule has 4 rings (SSSR count). The summed E-state index contributed by atoms with van der Waals surface area (Å²) in [5, 5.41) is 11.8. The fourth-order valence-electron chi connectivity index (χ4n) is 4.05. The number of aromatic carboxylic acids is 1. The predicted octanol–water partition coefficient (Wildman–Crippen LogP) is 3.02. The number of hydrogen-bond donors (Lipinski definition) is 0. The summed E-state index contributed by atoms with van der Waals surface area (Å²) in [5.41, 5.74) is 2.22. The number of nitrogens with zero attached hydrogens (tertiary/aromatic N) is 2. The molecule has 3 aromatic rings. The second-order valence-electron chi connectivity index (χ2n) is 8.66. The molecule has 0 unspecified atom stereocenters. The first-order valence-corrected chi connectivity index (χ1v) is 10.4. The molecule has 1 aliphatic rings. The average Bonchev–Trinajstić information content (AvgIpc) is 3.02. The number of carbonyl (C=O) groups is 1. The van der Waals surface area contributed by atoms with Gasteiger partial charge in [-0.1, -0.05) is 39.0 Å². The number of carbonyl (C=O) groups excluding carboxylic acids is 1. The number of carboxylic acid groups (broad SMARTS) is 1. The van der Waals surface area contributed by atoms with Gasteiger partial charge in [-0.3, -0.25) is 9.36 Å². The van der Waals surface area contributed by atoms with Crippen LogP contribution in [-0.4, -0.2) is 15.5 Å². The third kappa shape index (κ3) is 3.37. The van der Waals surface area contributed by atoms with E-state index in [1.54, 1.807) is 40.4 Å². The van der Waals surface area contributed by atoms with Crippen LogP contribution in [0.1, 0.15) is 53.6 Å². The van der Waals surface area contributed by atoms with Crippen LogP contribution in [0.5, 0.6) is 0 Å². The first-order chi connectivity index (χ1) is 13.2. The second kappa shape index (κ2) is 6.85. The number of aryl methyl sites for hydroxylation is 1. The van der Waals surface area contributed by atoms with Gasteiger partial charge in [0.25, 0.3) is 5.56 Å². The van der Waals surface area contributed by atoms with Gasteiger partial charge < -0.3 is 9.90 Å². The lowest BCUT2D eigenvalue weighted by Crippen LogP contribution is -2.27. The van der Waals surface area contributed by atoms with E-state index in [2.05, 4.69) is 25.8 Å². The minimum absolute atomic E-state index is 0.0458. The molecule has 0 spiro atoms. The third-order valence-electron chi connectivity index (χ3n) is 5.78. The van der Waals surface area contributed by atoms with Crippen molar-refractivity contribution < 1.29 is 9.90 Å². The van der Waals surface area contributed by atoms with Crippen molar-refractivity contribution in [1.82, 2.24) is 9.55 Å². The van der Waals surface area contributed by atoms with Crippen LogP contribution in [-0.2, 0) is 19.4 Å². The van der Waals surface area contributed by atoms with Gasteiger partial charge in [0, 0.05) is 4.88 Å². The molecule has 0 radical (unpaired) electrons. The minimum atomic E-state index is -1.22. The van der Waals surface area contributed by atoms with Crippen molar-refractivity contribution in [2.45, 2.75) is 46.6 Å². The largest absolute Gasteiger partial charge is 0.545 e. The Morgan fingerprint density at radius 2 is 2.14 bits per heavy atom. The van der Waals surface area contributed by atoms with Crippen molar-refractivity contribution in [2.24, 2.45) is 11.3 Å². The smallest absolute Gasteiger partial charge is 0.262 e. The van der Waals surface area contributed by atoms with Crippen LogP contribution < -0.4 is 10.7 Å². The normalized spacial score (nSPS) is 16.9. The number of carboxylic acids is 1. The van der Waals surface area contributed by atoms with Gasteiger partial charge in [-0.15, -0.1) is 11.3 Å². The zero-order valence-corrected chi connectivity index (χ0v) is 17.1. The maximum Gasteiger partial charge on any atom is 0.262 e. The molecule has 1 aliphatic carbocycles. The summed E-state index contributed by atoms with van der Waals surface area (Å²) in [7, 11) is 0. The Hall–Kier alpha value is -2.47. The molecular weight excluding hydrogens is 372 g/mol. The number of hydrogen-bond acceptors (Lipinski definition) is 5. The number of thiophene rings is 1. The highest BCUT2D eigenvalue weighted by Gasteiger charge is 2.31. The van der Waals surface area contributed by atoms with Gasteiger partial charge in [0.2, 0.25) is 0 Å². The summed E-state index contributed by atoms with van der Waals surface area (Å²) in [6.07, 6.45) is 4.58. The number of benzene rings is 1. The molecule has 146 valence electrons. The van der Waals surface area contributed by atoms with Gasteiger partial charge >= 0.3 is 0 Å². The molecule has 0 saturated heterocycles. The summed E-state index contributed by atoms with van der Waals surface area (Å²) in [5.74, 6) is -0.606. The Morgan fingerprint density at radius 3 is 2.86 bits per heavy atom. The Labute approximate surface area is 167 Å². The molecule has 1 aromatic carbocycles. The average molecular weight is 396 g/mol. The van der Waals surface area contributed by atoms with Gasteiger partial charge in [-0.25, -0.2) is 4.98 Å². The van der Waals surface area contributed by atoms with E-state index in [9.17, 15) is 14.7 Å². The molecule has 1 atom stereocenters. The van der Waals surface area contributed by atoms with E-state index in [1.165, 1.54) is 10.9 Å². The van der Waals surface area contributed by atoms with Crippen molar-refractivity contribution in [3.05, 3.63) is 62.5 Å². The lowest BCUT2D eigenvalue weighted by atomic mass is 9.72. The van der Waals surface area contributed by atoms with Crippen LogP contribution >= 0.6 is 11.3 Å². The van der Waals surface area contributed by atoms with E-state index in [1.807, 2.05) is 0 Å². The quantitative estimate of drug-likeness (QED) is 0.683. The van der Waals surface area contributed by atoms with Gasteiger partial charge in [0.05, 0.1) is 24.2 Å². The monoisotopic (exact) mass is 395 g/mol. The standard InChI is InChI=1S/C22H24N2O3S/c1-22(2,3)15-7-8-16-17(10-15)28-19-18(16)20(25)24(12-23-19)11-13-5-4-6-14(9-13)21(26)27/h4-6,9,12,15H,7-8,10-11H2,1-3H3,(H,26,27)/p-1/t15-/m1/s1. The predicted molar refractivity (Wildman–Crippen MR) is 109 cm³/mol. The lowest BCUT2D eigenvalue weighted by molar-refractivity contribution is -0.255. The molecular formula is C22H23N2O3S-. The summed E-state index contributed by atoms with van der Waals surface area (Å²) >= 11 is 1.64. The highest BCUT2D eigenvalue weighted by molar-refractivity contribution is 7.18. The Bertz CT molecular complexity index is 1120. The Balaban J connectivity index is 1.71. The van der Waals surface area contributed by atoms with Gasteiger partial charge in [0.1, 0.15) is 4.83 Å². The first-order valence-electron chi connectivity index (χ1n) is 9.54. The summed E-state index contributed by atoms with van der Waals surface area (Å²) < 4.78 is 1.57. The van der Waals surface area contributed by atoms with Crippen LogP contribution in [0.15, 0.2) is 35.4 Å². The van der Waals surface area contributed by atoms with E-state index in [-0.39, 0.29) is 23.1 Å². The highest BCUT2D eigenvalue weighted by Crippen LogP contribution is 2.41. The molecule has 0 aliphatic heterocycles. The first kappa shape index (κ1) is 18.9. The topological polar surface area (TPSA) is 75.0 Å². The fraction of sp³-hybridized carbons (Fsp3) is 0.409. The summed E-state index contributed by atoms with van der Waals surface area (Å²) in [6.45, 7) is 7.13. The Morgan fingerprint density at radius 1 is 1.36 bits per heavy atom. The van der Waals surface area contributed by atoms with Crippen molar-refractivity contribution in [3.8, 4) is 0 Å². The van der Waals surface area contributed by atoms with Crippen LogP contribution in [0, 0.1) is 11.3 Å². The molecule has 2 aromatic heterocycles. The van der Waals surface area contributed by atoms with Crippen molar-refractivity contribution in [2.75, 3.05) is 0 Å². The number of fused-ring (bicyclic) bond motifs is 3. The molecule has 0 bridgehead atoms. The van der Waals surface area contributed by atoms with Gasteiger partial charge in [-0.05, 0) is 53.4 Å². The van der Waals surface area contributed by atoms with Crippen LogP contribution in [0.2, 0.25) is 0 Å². The number of aromatic nitrogens is 2. The minimum Gasteiger partial charge on any atom is -0.545 e. The van der Waals surface area contributed by atoms with Crippen LogP contribution in [0.4, 0.5) is 0 Å². The summed E-state index contributed by atoms with van der Waals surface area (Å²) in [4.78, 5) is 30.9. The maximum atomic E-state index is 13.2. The maximum absolute atomic E-state index is 13.2. The molecule has 0 amide bonds. The fourth-order valence-corrected chi connectivity index (χ4v) is 5.30. The molecule has 6 heteroatoms. The Kier molecular flexibility index (Phi) is 4.62. The lowest BCUT2D eigenvalue weighted by Gasteiger charge is -2.33. The highest BCUT2D eigenvalue weighted by atomic mass is 32.1. The molecule has 0 saturated carbocycles. The van der Waals surface area contributed by atoms with Crippen molar-refractivity contribution in [3.63, 3.8) is 0 Å². The van der Waals surface area contributed by atoms with E-state index in [0.717, 1.165) is 40.6 Å². The molecule has 2 heterocycles.